The van der Waals surface area contributed by atoms with Crippen LogP contribution < -0.4 is 5.32 Å². The summed E-state index contributed by atoms with van der Waals surface area (Å²) < 4.78 is 15.5. The molecule has 0 radical (unpaired) electrons. The van der Waals surface area contributed by atoms with E-state index in [0.717, 1.165) is 32.0 Å². The second-order valence-corrected chi connectivity index (χ2v) is 4.17. The Bertz CT molecular complexity index is 131. The zero-order valence-corrected chi connectivity index (χ0v) is 11.0. The Morgan fingerprint density at radius 1 is 0.938 bits per heavy atom. The number of hydrogen-bond donors (Lipinski definition) is 1. The predicted molar refractivity (Wildman–Crippen MR) is 65.8 cm³/mol. The van der Waals surface area contributed by atoms with Crippen molar-refractivity contribution in [3.63, 3.8) is 0 Å². The number of ether oxygens (including phenoxy) is 3. The third-order valence-electron chi connectivity index (χ3n) is 2.00. The molecule has 0 atom stereocenters. The second-order valence-electron chi connectivity index (χ2n) is 4.17. The van der Waals surface area contributed by atoms with Crippen LogP contribution >= 0.6 is 0 Å². The highest BCUT2D eigenvalue weighted by molar-refractivity contribution is 4.50. The lowest BCUT2D eigenvalue weighted by Gasteiger charge is -2.08. The molecule has 0 unspecified atom stereocenters. The number of rotatable bonds is 12. The van der Waals surface area contributed by atoms with Crippen LogP contribution in [-0.2, 0) is 14.2 Å². The van der Waals surface area contributed by atoms with Gasteiger partial charge in [-0.25, -0.2) is 0 Å². The van der Waals surface area contributed by atoms with Gasteiger partial charge in [-0.05, 0) is 25.4 Å². The van der Waals surface area contributed by atoms with Crippen LogP contribution in [0.3, 0.4) is 0 Å². The van der Waals surface area contributed by atoms with E-state index in [1.165, 1.54) is 0 Å². The first-order chi connectivity index (χ1) is 7.77. The van der Waals surface area contributed by atoms with Crippen LogP contribution in [0.5, 0.6) is 0 Å². The molecular formula is C12H27NO3. The average molecular weight is 233 g/mol. The van der Waals surface area contributed by atoms with Gasteiger partial charge in [0.25, 0.3) is 0 Å². The van der Waals surface area contributed by atoms with E-state index in [9.17, 15) is 0 Å². The molecule has 0 saturated heterocycles. The molecule has 0 fully saturated rings. The molecular weight excluding hydrogens is 206 g/mol. The smallest absolute Gasteiger partial charge is 0.0701 e. The van der Waals surface area contributed by atoms with Crippen molar-refractivity contribution in [2.24, 2.45) is 5.92 Å². The SMILES string of the molecule is COCCOCCOCCCNCC(C)C. The highest BCUT2D eigenvalue weighted by Crippen LogP contribution is 1.88. The largest absolute Gasteiger partial charge is 0.382 e. The fourth-order valence-electron chi connectivity index (χ4n) is 1.15. The van der Waals surface area contributed by atoms with Gasteiger partial charge in [0.05, 0.1) is 26.4 Å². The van der Waals surface area contributed by atoms with E-state index in [1.54, 1.807) is 7.11 Å². The average Bonchev–Trinajstić information content (AvgIpc) is 2.25. The normalized spacial score (nSPS) is 11.2. The second kappa shape index (κ2) is 12.9. The van der Waals surface area contributed by atoms with Crippen molar-refractivity contribution in [2.75, 3.05) is 53.2 Å². The Morgan fingerprint density at radius 3 is 2.19 bits per heavy atom. The molecule has 0 bridgehead atoms. The summed E-state index contributed by atoms with van der Waals surface area (Å²) in [5.41, 5.74) is 0. The first-order valence-corrected chi connectivity index (χ1v) is 6.12. The van der Waals surface area contributed by atoms with Crippen LogP contribution in [0, 0.1) is 5.92 Å². The van der Waals surface area contributed by atoms with Crippen molar-refractivity contribution in [2.45, 2.75) is 20.3 Å². The van der Waals surface area contributed by atoms with Crippen molar-refractivity contribution in [1.82, 2.24) is 5.32 Å². The lowest BCUT2D eigenvalue weighted by molar-refractivity contribution is 0.0243. The number of hydrogen-bond acceptors (Lipinski definition) is 4. The van der Waals surface area contributed by atoms with E-state index in [1.807, 2.05) is 0 Å². The van der Waals surface area contributed by atoms with Crippen molar-refractivity contribution >= 4 is 0 Å². The Morgan fingerprint density at radius 2 is 1.56 bits per heavy atom. The Hall–Kier alpha value is -0.160. The van der Waals surface area contributed by atoms with Crippen LogP contribution in [-0.4, -0.2) is 53.2 Å². The zero-order valence-electron chi connectivity index (χ0n) is 11.0. The Labute approximate surface area is 99.6 Å². The molecule has 0 amide bonds. The van der Waals surface area contributed by atoms with E-state index < -0.39 is 0 Å². The van der Waals surface area contributed by atoms with Gasteiger partial charge < -0.3 is 19.5 Å². The van der Waals surface area contributed by atoms with E-state index >= 15 is 0 Å². The monoisotopic (exact) mass is 233 g/mol. The molecule has 4 heteroatoms. The zero-order chi connectivity index (χ0) is 12.1. The van der Waals surface area contributed by atoms with Gasteiger partial charge in [0.1, 0.15) is 0 Å². The van der Waals surface area contributed by atoms with Crippen molar-refractivity contribution in [3.05, 3.63) is 0 Å². The number of nitrogens with one attached hydrogen (secondary N) is 1. The predicted octanol–water partition coefficient (Wildman–Crippen LogP) is 1.30. The fraction of sp³-hybridized carbons (Fsp3) is 1.00. The van der Waals surface area contributed by atoms with Crippen molar-refractivity contribution < 1.29 is 14.2 Å². The molecule has 0 spiro atoms. The summed E-state index contributed by atoms with van der Waals surface area (Å²) >= 11 is 0. The highest BCUT2D eigenvalue weighted by atomic mass is 16.5. The van der Waals surface area contributed by atoms with Crippen LogP contribution in [0.2, 0.25) is 0 Å². The lowest BCUT2D eigenvalue weighted by atomic mass is 10.2. The van der Waals surface area contributed by atoms with Gasteiger partial charge in [-0.15, -0.1) is 0 Å². The minimum atomic E-state index is 0.649. The molecule has 0 aliphatic carbocycles. The molecule has 98 valence electrons. The standard InChI is InChI=1S/C12H27NO3/c1-12(2)11-13-5-4-6-15-9-10-16-8-7-14-3/h12-13H,4-11H2,1-3H3. The molecule has 0 heterocycles. The van der Waals surface area contributed by atoms with Gasteiger partial charge in [-0.3, -0.25) is 0 Å². The van der Waals surface area contributed by atoms with Gasteiger partial charge in [-0.1, -0.05) is 13.8 Å². The highest BCUT2D eigenvalue weighted by Gasteiger charge is 1.93. The maximum atomic E-state index is 5.42. The molecule has 0 aromatic heterocycles. The van der Waals surface area contributed by atoms with Crippen LogP contribution in [0.4, 0.5) is 0 Å². The van der Waals surface area contributed by atoms with Gasteiger partial charge in [0.2, 0.25) is 0 Å². The molecule has 4 nitrogen and oxygen atoms in total. The van der Waals surface area contributed by atoms with Crippen LogP contribution in [0.25, 0.3) is 0 Å². The first kappa shape index (κ1) is 15.8. The molecule has 16 heavy (non-hydrogen) atoms. The van der Waals surface area contributed by atoms with Gasteiger partial charge in [-0.2, -0.15) is 0 Å². The van der Waals surface area contributed by atoms with E-state index in [2.05, 4.69) is 19.2 Å². The maximum absolute atomic E-state index is 5.42. The van der Waals surface area contributed by atoms with E-state index in [0.29, 0.717) is 26.4 Å². The minimum Gasteiger partial charge on any atom is -0.382 e. The lowest BCUT2D eigenvalue weighted by Crippen LogP contribution is -2.22. The number of methoxy groups -OCH3 is 1. The Balaban J connectivity index is 2.88. The summed E-state index contributed by atoms with van der Waals surface area (Å²) in [5.74, 6) is 0.718. The molecule has 0 aliphatic heterocycles. The summed E-state index contributed by atoms with van der Waals surface area (Å²) in [4.78, 5) is 0. The van der Waals surface area contributed by atoms with Gasteiger partial charge >= 0.3 is 0 Å². The maximum Gasteiger partial charge on any atom is 0.0701 e. The molecule has 0 aromatic rings. The summed E-state index contributed by atoms with van der Waals surface area (Å²) in [6.07, 6.45) is 1.06. The summed E-state index contributed by atoms with van der Waals surface area (Å²) in [7, 11) is 1.67. The van der Waals surface area contributed by atoms with Crippen molar-refractivity contribution in [3.8, 4) is 0 Å². The fourth-order valence-corrected chi connectivity index (χ4v) is 1.15. The molecule has 0 saturated carbocycles. The quantitative estimate of drug-likeness (QED) is 0.516. The minimum absolute atomic E-state index is 0.649. The van der Waals surface area contributed by atoms with Crippen LogP contribution in [0.15, 0.2) is 0 Å². The summed E-state index contributed by atoms with van der Waals surface area (Å²) in [6, 6.07) is 0. The van der Waals surface area contributed by atoms with E-state index in [4.69, 9.17) is 14.2 Å². The van der Waals surface area contributed by atoms with Crippen molar-refractivity contribution in [1.29, 1.82) is 0 Å². The third kappa shape index (κ3) is 13.8. The Kier molecular flexibility index (Phi) is 12.8. The molecule has 1 N–H and O–H groups in total. The van der Waals surface area contributed by atoms with Gasteiger partial charge in [0.15, 0.2) is 0 Å². The molecule has 0 aromatic carbocycles. The topological polar surface area (TPSA) is 39.7 Å². The molecule has 0 rings (SSSR count). The first-order valence-electron chi connectivity index (χ1n) is 6.12. The third-order valence-corrected chi connectivity index (χ3v) is 2.00. The van der Waals surface area contributed by atoms with E-state index in [-0.39, 0.29) is 0 Å². The summed E-state index contributed by atoms with van der Waals surface area (Å²) in [5, 5.41) is 3.38. The molecule has 0 aliphatic rings. The summed E-state index contributed by atoms with van der Waals surface area (Å²) in [6.45, 7) is 9.97. The van der Waals surface area contributed by atoms with Gasteiger partial charge in [0, 0.05) is 13.7 Å². The van der Waals surface area contributed by atoms with Crippen LogP contribution in [0.1, 0.15) is 20.3 Å².